The van der Waals surface area contributed by atoms with Gasteiger partial charge in [0.1, 0.15) is 11.4 Å². The van der Waals surface area contributed by atoms with Crippen LogP contribution >= 0.6 is 15.9 Å². The zero-order chi connectivity index (χ0) is 21.3. The highest BCUT2D eigenvalue weighted by atomic mass is 79.9. The van der Waals surface area contributed by atoms with Crippen molar-refractivity contribution in [2.45, 2.75) is 13.5 Å². The van der Waals surface area contributed by atoms with Crippen LogP contribution in [0.1, 0.15) is 23.0 Å². The van der Waals surface area contributed by atoms with E-state index in [0.29, 0.717) is 17.9 Å². The number of carbonyl (C=O) groups is 1. The molecular formula is C23H18BrN3O3. The standard InChI is InChI=1S/C23H18BrN3O3/c1-4-30-23(28)20-12-14-5-8-21(25-2)26-22(14)27(20)13-16-10-17(24)9-15-11-18(29-3)6-7-19(15)16/h5-12H,4,13H2,1,3H3. The third kappa shape index (κ3) is 3.62. The van der Waals surface area contributed by atoms with E-state index in [1.165, 1.54) is 0 Å². The van der Waals surface area contributed by atoms with Gasteiger partial charge in [-0.15, -0.1) is 4.98 Å². The maximum absolute atomic E-state index is 12.6. The van der Waals surface area contributed by atoms with Gasteiger partial charge in [0.2, 0.25) is 5.65 Å². The Balaban J connectivity index is 1.92. The summed E-state index contributed by atoms with van der Waals surface area (Å²) in [6.45, 7) is 9.73. The predicted molar refractivity (Wildman–Crippen MR) is 119 cm³/mol. The molecule has 7 heteroatoms. The number of halogens is 1. The summed E-state index contributed by atoms with van der Waals surface area (Å²) in [4.78, 5) is 20.5. The molecule has 6 nitrogen and oxygen atoms in total. The summed E-state index contributed by atoms with van der Waals surface area (Å²) >= 11 is 3.58. The maximum atomic E-state index is 12.6. The smallest absolute Gasteiger partial charge is 0.355 e. The highest BCUT2D eigenvalue weighted by Crippen LogP contribution is 2.30. The fourth-order valence-corrected chi connectivity index (χ4v) is 4.05. The van der Waals surface area contributed by atoms with Gasteiger partial charge >= 0.3 is 5.97 Å². The number of hydrogen-bond donors (Lipinski definition) is 0. The van der Waals surface area contributed by atoms with Crippen LogP contribution in [0, 0.1) is 6.57 Å². The van der Waals surface area contributed by atoms with Gasteiger partial charge < -0.3 is 14.3 Å². The molecule has 0 aliphatic carbocycles. The van der Waals surface area contributed by atoms with Crippen LogP contribution in [0.15, 0.2) is 53.0 Å². The van der Waals surface area contributed by atoms with Crippen molar-refractivity contribution in [3.8, 4) is 5.75 Å². The van der Waals surface area contributed by atoms with E-state index in [2.05, 4.69) is 25.8 Å². The molecule has 0 fully saturated rings. The number of aromatic nitrogens is 2. The van der Waals surface area contributed by atoms with E-state index in [9.17, 15) is 4.79 Å². The van der Waals surface area contributed by atoms with E-state index in [1.54, 1.807) is 32.2 Å². The quantitative estimate of drug-likeness (QED) is 0.279. The van der Waals surface area contributed by atoms with Crippen molar-refractivity contribution in [1.82, 2.24) is 9.55 Å². The number of benzene rings is 2. The van der Waals surface area contributed by atoms with Crippen LogP contribution in [0.25, 0.3) is 26.7 Å². The number of hydrogen-bond acceptors (Lipinski definition) is 4. The molecule has 150 valence electrons. The first kappa shape index (κ1) is 19.9. The van der Waals surface area contributed by atoms with Gasteiger partial charge in [0.05, 0.1) is 20.3 Å². The molecule has 2 aromatic heterocycles. The number of esters is 1. The van der Waals surface area contributed by atoms with Gasteiger partial charge in [-0.05, 0) is 59.7 Å². The molecule has 0 unspecified atom stereocenters. The molecule has 0 atom stereocenters. The molecule has 0 radical (unpaired) electrons. The molecular weight excluding hydrogens is 446 g/mol. The molecule has 30 heavy (non-hydrogen) atoms. The lowest BCUT2D eigenvalue weighted by atomic mass is 10.0. The van der Waals surface area contributed by atoms with E-state index in [4.69, 9.17) is 16.0 Å². The number of carbonyl (C=O) groups excluding carboxylic acids is 1. The van der Waals surface area contributed by atoms with Crippen LogP contribution in [-0.2, 0) is 11.3 Å². The molecule has 0 N–H and O–H groups in total. The number of rotatable bonds is 5. The molecule has 0 aliphatic heterocycles. The van der Waals surface area contributed by atoms with Gasteiger partial charge in [0.15, 0.2) is 0 Å². The summed E-state index contributed by atoms with van der Waals surface area (Å²) in [5.41, 5.74) is 1.98. The minimum Gasteiger partial charge on any atom is -0.497 e. The summed E-state index contributed by atoms with van der Waals surface area (Å²) in [6, 6.07) is 15.1. The van der Waals surface area contributed by atoms with Crippen molar-refractivity contribution >= 4 is 49.5 Å². The lowest BCUT2D eigenvalue weighted by molar-refractivity contribution is 0.0515. The molecule has 0 spiro atoms. The molecule has 4 aromatic rings. The zero-order valence-electron chi connectivity index (χ0n) is 16.5. The minimum atomic E-state index is -0.416. The van der Waals surface area contributed by atoms with Crippen LogP contribution in [0.3, 0.4) is 0 Å². The highest BCUT2D eigenvalue weighted by Gasteiger charge is 2.21. The van der Waals surface area contributed by atoms with E-state index in [-0.39, 0.29) is 12.4 Å². The normalized spacial score (nSPS) is 10.9. The average Bonchev–Trinajstić information content (AvgIpc) is 3.11. The summed E-state index contributed by atoms with van der Waals surface area (Å²) in [7, 11) is 1.64. The predicted octanol–water partition coefficient (Wildman–Crippen LogP) is 5.74. The second kappa shape index (κ2) is 8.17. The van der Waals surface area contributed by atoms with Crippen LogP contribution in [0.5, 0.6) is 5.75 Å². The lowest BCUT2D eigenvalue weighted by Crippen LogP contribution is -2.13. The van der Waals surface area contributed by atoms with Crippen molar-refractivity contribution in [2.75, 3.05) is 13.7 Å². The molecule has 0 saturated heterocycles. The van der Waals surface area contributed by atoms with E-state index in [1.807, 2.05) is 34.9 Å². The van der Waals surface area contributed by atoms with E-state index < -0.39 is 5.97 Å². The first-order chi connectivity index (χ1) is 14.5. The fraction of sp³-hybridized carbons (Fsp3) is 0.174. The summed E-state index contributed by atoms with van der Waals surface area (Å²) < 4.78 is 13.3. The number of pyridine rings is 1. The second-order valence-electron chi connectivity index (χ2n) is 6.68. The van der Waals surface area contributed by atoms with Gasteiger partial charge in [0.25, 0.3) is 5.82 Å². The third-order valence-electron chi connectivity index (χ3n) is 4.87. The fourth-order valence-electron chi connectivity index (χ4n) is 3.53. The summed E-state index contributed by atoms with van der Waals surface area (Å²) in [5, 5.41) is 2.84. The van der Waals surface area contributed by atoms with Gasteiger partial charge in [-0.25, -0.2) is 4.79 Å². The summed E-state index contributed by atoms with van der Waals surface area (Å²) in [6.07, 6.45) is 0. The molecule has 2 heterocycles. The van der Waals surface area contributed by atoms with Crippen molar-refractivity contribution in [3.05, 3.63) is 75.7 Å². The van der Waals surface area contributed by atoms with Crippen LogP contribution in [-0.4, -0.2) is 29.2 Å². The lowest BCUT2D eigenvalue weighted by Gasteiger charge is -2.12. The van der Waals surface area contributed by atoms with Gasteiger partial charge in [0, 0.05) is 9.86 Å². The Kier molecular flexibility index (Phi) is 5.42. The number of ether oxygens (including phenoxy) is 2. The highest BCUT2D eigenvalue weighted by molar-refractivity contribution is 9.10. The molecule has 4 rings (SSSR count). The Morgan fingerprint density at radius 1 is 1.17 bits per heavy atom. The first-order valence-corrected chi connectivity index (χ1v) is 10.1. The zero-order valence-corrected chi connectivity index (χ0v) is 18.1. The summed E-state index contributed by atoms with van der Waals surface area (Å²) in [5.74, 6) is 0.635. The molecule has 0 saturated carbocycles. The Hall–Kier alpha value is -3.37. The first-order valence-electron chi connectivity index (χ1n) is 9.35. The van der Waals surface area contributed by atoms with Gasteiger partial charge in [-0.2, -0.15) is 0 Å². The van der Waals surface area contributed by atoms with Crippen molar-refractivity contribution < 1.29 is 14.3 Å². The van der Waals surface area contributed by atoms with Crippen molar-refractivity contribution in [2.24, 2.45) is 0 Å². The van der Waals surface area contributed by atoms with Gasteiger partial charge in [-0.1, -0.05) is 34.6 Å². The van der Waals surface area contributed by atoms with E-state index >= 15 is 0 Å². The average molecular weight is 464 g/mol. The number of fused-ring (bicyclic) bond motifs is 2. The molecule has 2 aromatic carbocycles. The van der Waals surface area contributed by atoms with Crippen molar-refractivity contribution in [1.29, 1.82) is 0 Å². The minimum absolute atomic E-state index is 0.278. The largest absolute Gasteiger partial charge is 0.497 e. The van der Waals surface area contributed by atoms with Crippen LogP contribution < -0.4 is 4.74 Å². The maximum Gasteiger partial charge on any atom is 0.355 e. The molecule has 0 amide bonds. The molecule has 0 aliphatic rings. The van der Waals surface area contributed by atoms with Crippen molar-refractivity contribution in [3.63, 3.8) is 0 Å². The van der Waals surface area contributed by atoms with E-state index in [0.717, 1.165) is 31.9 Å². The SMILES string of the molecule is [C-]#[N+]c1ccc2cc(C(=O)OCC)n(Cc3cc(Br)cc4cc(OC)ccc34)c2n1. The second-order valence-corrected chi connectivity index (χ2v) is 7.60. The molecule has 0 bridgehead atoms. The van der Waals surface area contributed by atoms with Crippen LogP contribution in [0.4, 0.5) is 5.82 Å². The number of methoxy groups -OCH3 is 1. The third-order valence-corrected chi connectivity index (χ3v) is 5.32. The number of nitrogens with zero attached hydrogens (tertiary/aromatic N) is 3. The topological polar surface area (TPSA) is 57.7 Å². The van der Waals surface area contributed by atoms with Gasteiger partial charge in [-0.3, -0.25) is 4.57 Å². The Labute approximate surface area is 182 Å². The Morgan fingerprint density at radius 3 is 2.73 bits per heavy atom. The monoisotopic (exact) mass is 463 g/mol. The Bertz CT molecular complexity index is 1320. The van der Waals surface area contributed by atoms with Crippen LogP contribution in [0.2, 0.25) is 0 Å². The Morgan fingerprint density at radius 2 is 2.00 bits per heavy atom.